The van der Waals surface area contributed by atoms with Gasteiger partial charge < -0.3 is 15.1 Å². The molecule has 0 aliphatic heterocycles. The summed E-state index contributed by atoms with van der Waals surface area (Å²) in [5.74, 6) is 2.35. The molecule has 0 radical (unpaired) electrons. The van der Waals surface area contributed by atoms with Crippen molar-refractivity contribution in [3.05, 3.63) is 41.7 Å². The third-order valence-corrected chi connectivity index (χ3v) is 3.10. The minimum atomic E-state index is -0.174. The van der Waals surface area contributed by atoms with Gasteiger partial charge in [-0.3, -0.25) is 4.79 Å². The highest BCUT2D eigenvalue weighted by atomic mass is 16.3. The Hall–Kier alpha value is -2.37. The van der Waals surface area contributed by atoms with Crippen LogP contribution in [0, 0.1) is 12.8 Å². The van der Waals surface area contributed by atoms with Crippen LogP contribution in [0.1, 0.15) is 42.3 Å². The normalized spacial score (nSPS) is 10.7. The van der Waals surface area contributed by atoms with Crippen molar-refractivity contribution in [1.29, 1.82) is 0 Å². The Morgan fingerprint density at radius 1 is 1.36 bits per heavy atom. The van der Waals surface area contributed by atoms with Gasteiger partial charge in [-0.15, -0.1) is 0 Å². The molecule has 0 aliphatic carbocycles. The fourth-order valence-electron chi connectivity index (χ4n) is 1.93. The summed E-state index contributed by atoms with van der Waals surface area (Å²) in [6, 6.07) is 5.36. The SMILES string of the molecule is Cc1nc(NCc2ccco2)cc(C(=O)NCCC(C)C)n1. The molecule has 2 aromatic heterocycles. The van der Waals surface area contributed by atoms with Crippen LogP contribution in [0.25, 0.3) is 0 Å². The largest absolute Gasteiger partial charge is 0.467 e. The number of rotatable bonds is 7. The molecular formula is C16H22N4O2. The molecule has 0 bridgehead atoms. The van der Waals surface area contributed by atoms with Crippen molar-refractivity contribution >= 4 is 11.7 Å². The number of carbonyl (C=O) groups is 1. The molecule has 0 saturated heterocycles. The third kappa shape index (κ3) is 4.87. The summed E-state index contributed by atoms with van der Waals surface area (Å²) in [5, 5.41) is 6.01. The van der Waals surface area contributed by atoms with Crippen molar-refractivity contribution in [2.45, 2.75) is 33.7 Å². The highest BCUT2D eigenvalue weighted by Gasteiger charge is 2.10. The Kier molecular flexibility index (Phi) is 5.52. The second-order valence-corrected chi connectivity index (χ2v) is 5.56. The quantitative estimate of drug-likeness (QED) is 0.822. The van der Waals surface area contributed by atoms with E-state index in [2.05, 4.69) is 34.4 Å². The second kappa shape index (κ2) is 7.59. The molecule has 0 saturated carbocycles. The van der Waals surface area contributed by atoms with Gasteiger partial charge >= 0.3 is 0 Å². The number of furan rings is 1. The highest BCUT2D eigenvalue weighted by molar-refractivity contribution is 5.92. The first-order valence-electron chi connectivity index (χ1n) is 7.44. The fourth-order valence-corrected chi connectivity index (χ4v) is 1.93. The number of amides is 1. The number of hydrogen-bond donors (Lipinski definition) is 2. The molecule has 0 atom stereocenters. The average Bonchev–Trinajstić information content (AvgIpc) is 2.97. The molecule has 0 aromatic carbocycles. The van der Waals surface area contributed by atoms with E-state index in [0.717, 1.165) is 12.2 Å². The van der Waals surface area contributed by atoms with Crippen molar-refractivity contribution in [2.24, 2.45) is 5.92 Å². The van der Waals surface area contributed by atoms with Crippen molar-refractivity contribution in [1.82, 2.24) is 15.3 Å². The van der Waals surface area contributed by atoms with Crippen LogP contribution in [-0.4, -0.2) is 22.4 Å². The number of nitrogens with one attached hydrogen (secondary N) is 2. The third-order valence-electron chi connectivity index (χ3n) is 3.10. The van der Waals surface area contributed by atoms with Crippen LogP contribution in [0.4, 0.5) is 5.82 Å². The smallest absolute Gasteiger partial charge is 0.270 e. The van der Waals surface area contributed by atoms with E-state index in [0.29, 0.717) is 36.3 Å². The molecule has 6 heteroatoms. The molecule has 2 heterocycles. The maximum atomic E-state index is 12.1. The molecule has 2 rings (SSSR count). The first-order chi connectivity index (χ1) is 10.5. The average molecular weight is 302 g/mol. The molecule has 22 heavy (non-hydrogen) atoms. The minimum Gasteiger partial charge on any atom is -0.467 e. The monoisotopic (exact) mass is 302 g/mol. The van der Waals surface area contributed by atoms with Gasteiger partial charge in [0.1, 0.15) is 23.1 Å². The molecule has 0 fully saturated rings. The Balaban J connectivity index is 1.98. The van der Waals surface area contributed by atoms with Gasteiger partial charge in [0.15, 0.2) is 0 Å². The lowest BCUT2D eigenvalue weighted by molar-refractivity contribution is 0.0946. The van der Waals surface area contributed by atoms with Crippen LogP contribution < -0.4 is 10.6 Å². The second-order valence-electron chi connectivity index (χ2n) is 5.56. The van der Waals surface area contributed by atoms with Gasteiger partial charge in [0.05, 0.1) is 12.8 Å². The van der Waals surface area contributed by atoms with Crippen molar-refractivity contribution < 1.29 is 9.21 Å². The van der Waals surface area contributed by atoms with E-state index in [-0.39, 0.29) is 5.91 Å². The lowest BCUT2D eigenvalue weighted by Crippen LogP contribution is -2.26. The van der Waals surface area contributed by atoms with Gasteiger partial charge in [-0.25, -0.2) is 9.97 Å². The zero-order valence-corrected chi connectivity index (χ0v) is 13.2. The van der Waals surface area contributed by atoms with Crippen molar-refractivity contribution in [2.75, 3.05) is 11.9 Å². The van der Waals surface area contributed by atoms with Crippen molar-refractivity contribution in [3.63, 3.8) is 0 Å². The highest BCUT2D eigenvalue weighted by Crippen LogP contribution is 2.09. The van der Waals surface area contributed by atoms with Gasteiger partial charge in [0.2, 0.25) is 0 Å². The maximum absolute atomic E-state index is 12.1. The first kappa shape index (κ1) is 16.0. The number of aromatic nitrogens is 2. The van der Waals surface area contributed by atoms with E-state index in [4.69, 9.17) is 4.42 Å². The Morgan fingerprint density at radius 3 is 2.86 bits per heavy atom. The fraction of sp³-hybridized carbons (Fsp3) is 0.438. The Labute approximate surface area is 130 Å². The standard InChI is InChI=1S/C16H22N4O2/c1-11(2)6-7-17-16(21)14-9-15(20-12(3)19-14)18-10-13-5-4-8-22-13/h4-5,8-9,11H,6-7,10H2,1-3H3,(H,17,21)(H,18,19,20). The summed E-state index contributed by atoms with van der Waals surface area (Å²) in [6.07, 6.45) is 2.56. The lowest BCUT2D eigenvalue weighted by Gasteiger charge is -2.09. The summed E-state index contributed by atoms with van der Waals surface area (Å²) in [4.78, 5) is 20.6. The summed E-state index contributed by atoms with van der Waals surface area (Å²) in [7, 11) is 0. The maximum Gasteiger partial charge on any atom is 0.270 e. The Morgan fingerprint density at radius 2 is 2.18 bits per heavy atom. The van der Waals surface area contributed by atoms with E-state index in [1.54, 1.807) is 19.3 Å². The van der Waals surface area contributed by atoms with Crippen molar-refractivity contribution in [3.8, 4) is 0 Å². The molecular weight excluding hydrogens is 280 g/mol. The van der Waals surface area contributed by atoms with Gasteiger partial charge in [-0.05, 0) is 31.4 Å². The number of anilines is 1. The molecule has 0 aliphatic rings. The number of carbonyl (C=O) groups excluding carboxylic acids is 1. The van der Waals surface area contributed by atoms with Crippen LogP contribution in [0.5, 0.6) is 0 Å². The molecule has 1 amide bonds. The molecule has 0 spiro atoms. The molecule has 0 unspecified atom stereocenters. The first-order valence-corrected chi connectivity index (χ1v) is 7.44. The van der Waals surface area contributed by atoms with E-state index >= 15 is 0 Å². The Bertz CT molecular complexity index is 609. The minimum absolute atomic E-state index is 0.174. The number of nitrogens with zero attached hydrogens (tertiary/aromatic N) is 2. The molecule has 6 nitrogen and oxygen atoms in total. The number of aryl methyl sites for hydroxylation is 1. The molecule has 2 N–H and O–H groups in total. The van der Waals surface area contributed by atoms with Gasteiger partial charge in [-0.2, -0.15) is 0 Å². The van der Waals surface area contributed by atoms with Gasteiger partial charge in [-0.1, -0.05) is 13.8 Å². The van der Waals surface area contributed by atoms with Gasteiger partial charge in [0, 0.05) is 12.6 Å². The summed E-state index contributed by atoms with van der Waals surface area (Å²) < 4.78 is 5.25. The van der Waals surface area contributed by atoms with E-state index in [9.17, 15) is 4.79 Å². The topological polar surface area (TPSA) is 80.0 Å². The van der Waals surface area contributed by atoms with Gasteiger partial charge in [0.25, 0.3) is 5.91 Å². The van der Waals surface area contributed by atoms with Crippen LogP contribution in [-0.2, 0) is 6.54 Å². The zero-order chi connectivity index (χ0) is 15.9. The van der Waals surface area contributed by atoms with Crippen LogP contribution >= 0.6 is 0 Å². The van der Waals surface area contributed by atoms with E-state index < -0.39 is 0 Å². The summed E-state index contributed by atoms with van der Waals surface area (Å²) >= 11 is 0. The molecule has 118 valence electrons. The van der Waals surface area contributed by atoms with Crippen LogP contribution in [0.15, 0.2) is 28.9 Å². The molecule has 2 aromatic rings. The summed E-state index contributed by atoms with van der Waals surface area (Å²) in [5.41, 5.74) is 0.373. The zero-order valence-electron chi connectivity index (χ0n) is 13.2. The summed E-state index contributed by atoms with van der Waals surface area (Å²) in [6.45, 7) is 7.17. The predicted molar refractivity (Wildman–Crippen MR) is 84.6 cm³/mol. The van der Waals surface area contributed by atoms with E-state index in [1.165, 1.54) is 0 Å². The predicted octanol–water partition coefficient (Wildman–Crippen LogP) is 2.77. The van der Waals surface area contributed by atoms with Crippen LogP contribution in [0.2, 0.25) is 0 Å². The van der Waals surface area contributed by atoms with Crippen LogP contribution in [0.3, 0.4) is 0 Å². The lowest BCUT2D eigenvalue weighted by atomic mass is 10.1. The number of hydrogen-bond acceptors (Lipinski definition) is 5. The van der Waals surface area contributed by atoms with E-state index in [1.807, 2.05) is 12.1 Å².